The second-order valence-electron chi connectivity index (χ2n) is 4.56. The summed E-state index contributed by atoms with van der Waals surface area (Å²) in [7, 11) is 0. The van der Waals surface area contributed by atoms with Crippen LogP contribution in [-0.2, 0) is 16.1 Å². The normalized spacial score (nSPS) is 19.7. The van der Waals surface area contributed by atoms with Gasteiger partial charge in [-0.15, -0.1) is 0 Å². The van der Waals surface area contributed by atoms with Crippen molar-refractivity contribution in [3.05, 3.63) is 18.0 Å². The first-order chi connectivity index (χ1) is 8.74. The number of ether oxygens (including phenoxy) is 1. The molecule has 1 aromatic rings. The number of carbonyl (C=O) groups excluding carboxylic acids is 1. The summed E-state index contributed by atoms with van der Waals surface area (Å²) in [6.07, 6.45) is 4.24. The lowest BCUT2D eigenvalue weighted by molar-refractivity contribution is -0.122. The van der Waals surface area contributed by atoms with Gasteiger partial charge in [-0.05, 0) is 12.5 Å². The summed E-state index contributed by atoms with van der Waals surface area (Å²) in [5, 5.41) is 10.3. The van der Waals surface area contributed by atoms with E-state index in [9.17, 15) is 4.79 Å². The lowest BCUT2D eigenvalue weighted by Gasteiger charge is -2.23. The van der Waals surface area contributed by atoms with Gasteiger partial charge in [-0.3, -0.25) is 9.48 Å². The van der Waals surface area contributed by atoms with Crippen LogP contribution in [0.15, 0.2) is 12.4 Å². The fourth-order valence-electron chi connectivity index (χ4n) is 1.95. The minimum atomic E-state index is 0.0573. The van der Waals surface area contributed by atoms with Gasteiger partial charge in [0.15, 0.2) is 0 Å². The number of aromatic nitrogens is 2. The highest BCUT2D eigenvalue weighted by Crippen LogP contribution is 1.98. The monoisotopic (exact) mass is 252 g/mol. The summed E-state index contributed by atoms with van der Waals surface area (Å²) in [5.74, 6) is 0.0573. The van der Waals surface area contributed by atoms with Gasteiger partial charge in [0.2, 0.25) is 5.91 Å². The van der Waals surface area contributed by atoms with Gasteiger partial charge < -0.3 is 15.4 Å². The van der Waals surface area contributed by atoms with Gasteiger partial charge in [0.05, 0.1) is 26.0 Å². The topological polar surface area (TPSA) is 68.2 Å². The Hall–Kier alpha value is -1.40. The highest BCUT2D eigenvalue weighted by atomic mass is 16.5. The predicted octanol–water partition coefficient (Wildman–Crippen LogP) is -0.314. The number of carbonyl (C=O) groups is 1. The van der Waals surface area contributed by atoms with Gasteiger partial charge >= 0.3 is 0 Å². The zero-order chi connectivity index (χ0) is 12.8. The Morgan fingerprint density at radius 3 is 3.28 bits per heavy atom. The summed E-state index contributed by atoms with van der Waals surface area (Å²) in [6, 6.07) is 0.144. The largest absolute Gasteiger partial charge is 0.378 e. The quantitative estimate of drug-likeness (QED) is 0.754. The third kappa shape index (κ3) is 4.12. The summed E-state index contributed by atoms with van der Waals surface area (Å²) in [6.45, 7) is 5.48. The number of amides is 1. The summed E-state index contributed by atoms with van der Waals surface area (Å²) in [4.78, 5) is 11.7. The molecule has 18 heavy (non-hydrogen) atoms. The molecule has 2 N–H and O–H groups in total. The molecule has 100 valence electrons. The molecule has 1 fully saturated rings. The number of nitrogens with zero attached hydrogens (tertiary/aromatic N) is 2. The SMILES string of the molecule is Cc1cnn(CCNC(=O)CC2COCCN2)c1. The number of hydrogen-bond acceptors (Lipinski definition) is 4. The summed E-state index contributed by atoms with van der Waals surface area (Å²) < 4.78 is 7.13. The van der Waals surface area contributed by atoms with Gasteiger partial charge in [-0.25, -0.2) is 0 Å². The Labute approximate surface area is 107 Å². The molecule has 1 aliphatic rings. The molecule has 0 saturated carbocycles. The van der Waals surface area contributed by atoms with Crippen LogP contribution in [0.1, 0.15) is 12.0 Å². The lowest BCUT2D eigenvalue weighted by Crippen LogP contribution is -2.44. The van der Waals surface area contributed by atoms with E-state index in [1.54, 1.807) is 0 Å². The van der Waals surface area contributed by atoms with Gasteiger partial charge in [0.25, 0.3) is 0 Å². The molecule has 2 heterocycles. The molecule has 1 atom stereocenters. The van der Waals surface area contributed by atoms with Gasteiger partial charge in [-0.1, -0.05) is 0 Å². The number of morpholine rings is 1. The van der Waals surface area contributed by atoms with E-state index in [2.05, 4.69) is 15.7 Å². The van der Waals surface area contributed by atoms with Gasteiger partial charge in [0.1, 0.15) is 0 Å². The maximum atomic E-state index is 11.7. The highest BCUT2D eigenvalue weighted by Gasteiger charge is 2.16. The molecular formula is C12H20N4O2. The molecule has 0 aliphatic carbocycles. The molecule has 6 heteroatoms. The molecule has 1 unspecified atom stereocenters. The van der Waals surface area contributed by atoms with Crippen LogP contribution in [0.25, 0.3) is 0 Å². The van der Waals surface area contributed by atoms with Crippen LogP contribution in [0.5, 0.6) is 0 Å². The van der Waals surface area contributed by atoms with Crippen LogP contribution in [-0.4, -0.2) is 48.0 Å². The van der Waals surface area contributed by atoms with Crippen molar-refractivity contribution < 1.29 is 9.53 Å². The van der Waals surface area contributed by atoms with Crippen molar-refractivity contribution in [2.75, 3.05) is 26.3 Å². The van der Waals surface area contributed by atoms with Crippen molar-refractivity contribution in [2.45, 2.75) is 25.9 Å². The van der Waals surface area contributed by atoms with E-state index in [1.165, 1.54) is 0 Å². The van der Waals surface area contributed by atoms with Crippen LogP contribution in [0.2, 0.25) is 0 Å². The summed E-state index contributed by atoms with van der Waals surface area (Å²) in [5.41, 5.74) is 1.13. The standard InChI is InChI=1S/C12H20N4O2/c1-10-7-15-16(8-10)4-2-14-12(17)6-11-9-18-5-3-13-11/h7-8,11,13H,2-6,9H2,1H3,(H,14,17). The van der Waals surface area contributed by atoms with E-state index >= 15 is 0 Å². The highest BCUT2D eigenvalue weighted by molar-refractivity contribution is 5.76. The smallest absolute Gasteiger partial charge is 0.221 e. The molecule has 2 rings (SSSR count). The molecular weight excluding hydrogens is 232 g/mol. The van der Waals surface area contributed by atoms with Crippen LogP contribution >= 0.6 is 0 Å². The second-order valence-corrected chi connectivity index (χ2v) is 4.56. The predicted molar refractivity (Wildman–Crippen MR) is 67.2 cm³/mol. The molecule has 1 amide bonds. The van der Waals surface area contributed by atoms with Crippen LogP contribution < -0.4 is 10.6 Å². The summed E-state index contributed by atoms with van der Waals surface area (Å²) >= 11 is 0. The van der Waals surface area contributed by atoms with E-state index in [0.717, 1.165) is 18.7 Å². The molecule has 0 spiro atoms. The van der Waals surface area contributed by atoms with Crippen molar-refractivity contribution in [2.24, 2.45) is 0 Å². The Morgan fingerprint density at radius 1 is 1.72 bits per heavy atom. The van der Waals surface area contributed by atoms with Crippen molar-refractivity contribution in [3.8, 4) is 0 Å². The first-order valence-corrected chi connectivity index (χ1v) is 6.31. The first kappa shape index (κ1) is 13.0. The van der Waals surface area contributed by atoms with E-state index < -0.39 is 0 Å². The van der Waals surface area contributed by atoms with Crippen LogP contribution in [0.3, 0.4) is 0 Å². The minimum Gasteiger partial charge on any atom is -0.378 e. The Kier molecular flexibility index (Phi) is 4.72. The fraction of sp³-hybridized carbons (Fsp3) is 0.667. The Bertz CT molecular complexity index is 385. The molecule has 6 nitrogen and oxygen atoms in total. The number of nitrogens with one attached hydrogen (secondary N) is 2. The maximum absolute atomic E-state index is 11.7. The zero-order valence-electron chi connectivity index (χ0n) is 10.7. The number of hydrogen-bond donors (Lipinski definition) is 2. The van der Waals surface area contributed by atoms with Gasteiger partial charge in [-0.2, -0.15) is 5.10 Å². The van der Waals surface area contributed by atoms with Crippen molar-refractivity contribution >= 4 is 5.91 Å². The molecule has 1 aliphatic heterocycles. The average molecular weight is 252 g/mol. The van der Waals surface area contributed by atoms with E-state index in [4.69, 9.17) is 4.74 Å². The van der Waals surface area contributed by atoms with E-state index in [1.807, 2.05) is 24.0 Å². The first-order valence-electron chi connectivity index (χ1n) is 6.31. The Morgan fingerprint density at radius 2 is 2.61 bits per heavy atom. The van der Waals surface area contributed by atoms with Crippen LogP contribution in [0, 0.1) is 6.92 Å². The fourth-order valence-corrected chi connectivity index (χ4v) is 1.95. The number of aryl methyl sites for hydroxylation is 1. The third-order valence-corrected chi connectivity index (χ3v) is 2.86. The molecule has 0 bridgehead atoms. The van der Waals surface area contributed by atoms with Gasteiger partial charge in [0, 0.05) is 31.7 Å². The van der Waals surface area contributed by atoms with Crippen molar-refractivity contribution in [1.82, 2.24) is 20.4 Å². The van der Waals surface area contributed by atoms with Crippen molar-refractivity contribution in [3.63, 3.8) is 0 Å². The maximum Gasteiger partial charge on any atom is 0.221 e. The Balaban J connectivity index is 1.62. The molecule has 0 radical (unpaired) electrons. The number of rotatable bonds is 5. The van der Waals surface area contributed by atoms with E-state index in [-0.39, 0.29) is 11.9 Å². The third-order valence-electron chi connectivity index (χ3n) is 2.86. The second kappa shape index (κ2) is 6.51. The minimum absolute atomic E-state index is 0.0573. The average Bonchev–Trinajstić information content (AvgIpc) is 2.76. The molecule has 1 aromatic heterocycles. The van der Waals surface area contributed by atoms with Crippen LogP contribution in [0.4, 0.5) is 0 Å². The zero-order valence-corrected chi connectivity index (χ0v) is 10.7. The molecule has 1 saturated heterocycles. The van der Waals surface area contributed by atoms with Crippen molar-refractivity contribution in [1.29, 1.82) is 0 Å². The molecule has 0 aromatic carbocycles. The van der Waals surface area contributed by atoms with E-state index in [0.29, 0.717) is 26.1 Å². The lowest BCUT2D eigenvalue weighted by atomic mass is 10.2.